The van der Waals surface area contributed by atoms with Crippen LogP contribution in [0.1, 0.15) is 26.3 Å². The lowest BCUT2D eigenvalue weighted by molar-refractivity contribution is 0.0921. The van der Waals surface area contributed by atoms with Crippen molar-refractivity contribution in [3.63, 3.8) is 0 Å². The Hall–Kier alpha value is -2.49. The van der Waals surface area contributed by atoms with E-state index in [1.54, 1.807) is 31.2 Å². The van der Waals surface area contributed by atoms with Crippen molar-refractivity contribution in [1.29, 1.82) is 0 Å². The van der Waals surface area contributed by atoms with Crippen LogP contribution in [0, 0.1) is 12.7 Å². The third kappa shape index (κ3) is 3.29. The molecule has 0 fully saturated rings. The molecule has 0 aromatic heterocycles. The Morgan fingerprint density at radius 1 is 1.20 bits per heavy atom. The van der Waals surface area contributed by atoms with Crippen LogP contribution in [-0.4, -0.2) is 18.7 Å². The second-order valence-electron chi connectivity index (χ2n) is 4.36. The van der Waals surface area contributed by atoms with Crippen LogP contribution in [0.2, 0.25) is 0 Å². The molecule has 0 aliphatic heterocycles. The van der Waals surface area contributed by atoms with E-state index in [1.807, 2.05) is 0 Å². The van der Waals surface area contributed by atoms with Gasteiger partial charge in [0.2, 0.25) is 0 Å². The molecule has 2 rings (SSSR count). The molecular formula is C16H13FO3. The average molecular weight is 272 g/mol. The van der Waals surface area contributed by atoms with Gasteiger partial charge in [-0.25, -0.2) is 4.39 Å². The van der Waals surface area contributed by atoms with E-state index in [0.717, 1.165) is 6.29 Å². The SMILES string of the molecule is Cc1cc(C(=O)COc2ccc(C=O)cc2)ccc1F. The smallest absolute Gasteiger partial charge is 0.200 e. The largest absolute Gasteiger partial charge is 0.485 e. The van der Waals surface area contributed by atoms with Crippen molar-refractivity contribution in [2.24, 2.45) is 0 Å². The number of rotatable bonds is 5. The van der Waals surface area contributed by atoms with E-state index in [1.165, 1.54) is 18.2 Å². The summed E-state index contributed by atoms with van der Waals surface area (Å²) in [5.74, 6) is -0.0673. The number of aryl methyl sites for hydroxylation is 1. The second-order valence-corrected chi connectivity index (χ2v) is 4.36. The molecule has 0 bridgehead atoms. The van der Waals surface area contributed by atoms with Gasteiger partial charge < -0.3 is 4.74 Å². The lowest BCUT2D eigenvalue weighted by atomic mass is 10.1. The summed E-state index contributed by atoms with van der Waals surface area (Å²) in [7, 11) is 0. The number of hydrogen-bond acceptors (Lipinski definition) is 3. The van der Waals surface area contributed by atoms with Gasteiger partial charge in [0.15, 0.2) is 12.4 Å². The zero-order valence-corrected chi connectivity index (χ0v) is 10.9. The van der Waals surface area contributed by atoms with E-state index in [9.17, 15) is 14.0 Å². The Kier molecular flexibility index (Phi) is 4.25. The molecule has 0 aliphatic carbocycles. The Bertz CT molecular complexity index is 633. The van der Waals surface area contributed by atoms with E-state index < -0.39 is 0 Å². The first-order chi connectivity index (χ1) is 9.60. The number of carbonyl (C=O) groups is 2. The van der Waals surface area contributed by atoms with Gasteiger partial charge in [0.25, 0.3) is 0 Å². The molecule has 102 valence electrons. The third-order valence-corrected chi connectivity index (χ3v) is 2.87. The van der Waals surface area contributed by atoms with E-state index >= 15 is 0 Å². The number of ketones is 1. The first-order valence-corrected chi connectivity index (χ1v) is 6.07. The minimum atomic E-state index is -0.341. The lowest BCUT2D eigenvalue weighted by Crippen LogP contribution is -2.12. The summed E-state index contributed by atoms with van der Waals surface area (Å²) in [5, 5.41) is 0. The van der Waals surface area contributed by atoms with Gasteiger partial charge in [-0.3, -0.25) is 9.59 Å². The van der Waals surface area contributed by atoms with Crippen molar-refractivity contribution >= 4 is 12.1 Å². The molecule has 0 radical (unpaired) electrons. The number of aldehydes is 1. The molecule has 0 saturated heterocycles. The predicted molar refractivity (Wildman–Crippen MR) is 72.8 cm³/mol. The highest BCUT2D eigenvalue weighted by atomic mass is 19.1. The summed E-state index contributed by atoms with van der Waals surface area (Å²) in [6.07, 6.45) is 0.732. The number of benzene rings is 2. The molecule has 2 aromatic rings. The summed E-state index contributed by atoms with van der Waals surface area (Å²) >= 11 is 0. The van der Waals surface area contributed by atoms with E-state index in [0.29, 0.717) is 22.4 Å². The molecule has 3 nitrogen and oxygen atoms in total. The summed E-state index contributed by atoms with van der Waals surface area (Å²) < 4.78 is 18.4. The molecular weight excluding hydrogens is 259 g/mol. The number of hydrogen-bond donors (Lipinski definition) is 0. The quantitative estimate of drug-likeness (QED) is 0.620. The monoisotopic (exact) mass is 272 g/mol. The van der Waals surface area contributed by atoms with Gasteiger partial charge in [0.05, 0.1) is 0 Å². The van der Waals surface area contributed by atoms with Crippen LogP contribution in [0.5, 0.6) is 5.75 Å². The van der Waals surface area contributed by atoms with Crippen LogP contribution in [0.4, 0.5) is 4.39 Å². The molecule has 4 heteroatoms. The summed E-state index contributed by atoms with van der Waals surface area (Å²) in [6, 6.07) is 10.6. The zero-order valence-electron chi connectivity index (χ0n) is 10.9. The van der Waals surface area contributed by atoms with Gasteiger partial charge in [-0.1, -0.05) is 0 Å². The number of ether oxygens (including phenoxy) is 1. The topological polar surface area (TPSA) is 43.4 Å². The Morgan fingerprint density at radius 2 is 1.90 bits per heavy atom. The van der Waals surface area contributed by atoms with Gasteiger partial charge in [0.1, 0.15) is 17.9 Å². The van der Waals surface area contributed by atoms with Crippen molar-refractivity contribution < 1.29 is 18.7 Å². The molecule has 0 N–H and O–H groups in total. The molecule has 20 heavy (non-hydrogen) atoms. The average Bonchev–Trinajstić information content (AvgIpc) is 2.48. The Balaban J connectivity index is 2.00. The van der Waals surface area contributed by atoms with Crippen LogP contribution in [0.3, 0.4) is 0 Å². The zero-order chi connectivity index (χ0) is 14.5. The van der Waals surface area contributed by atoms with Gasteiger partial charge in [0, 0.05) is 11.1 Å². The first-order valence-electron chi connectivity index (χ1n) is 6.07. The minimum absolute atomic E-state index is 0.133. The fraction of sp³-hybridized carbons (Fsp3) is 0.125. The second kappa shape index (κ2) is 6.10. The van der Waals surface area contributed by atoms with Crippen LogP contribution in [-0.2, 0) is 0 Å². The fourth-order valence-electron chi connectivity index (χ4n) is 1.69. The van der Waals surface area contributed by atoms with Crippen molar-refractivity contribution in [2.75, 3.05) is 6.61 Å². The fourth-order valence-corrected chi connectivity index (χ4v) is 1.69. The van der Waals surface area contributed by atoms with Crippen LogP contribution in [0.15, 0.2) is 42.5 Å². The molecule has 0 amide bonds. The van der Waals surface area contributed by atoms with Crippen LogP contribution < -0.4 is 4.74 Å². The highest BCUT2D eigenvalue weighted by Crippen LogP contribution is 2.13. The van der Waals surface area contributed by atoms with Crippen LogP contribution in [0.25, 0.3) is 0 Å². The molecule has 0 aliphatic rings. The minimum Gasteiger partial charge on any atom is -0.485 e. The molecule has 0 saturated carbocycles. The highest BCUT2D eigenvalue weighted by molar-refractivity contribution is 5.97. The van der Waals surface area contributed by atoms with Gasteiger partial charge in [-0.05, 0) is 55.0 Å². The van der Waals surface area contributed by atoms with Crippen LogP contribution >= 0.6 is 0 Å². The number of halogens is 1. The Labute approximate surface area is 116 Å². The number of carbonyl (C=O) groups excluding carboxylic acids is 2. The van der Waals surface area contributed by atoms with Crippen molar-refractivity contribution in [3.8, 4) is 5.75 Å². The lowest BCUT2D eigenvalue weighted by Gasteiger charge is -2.06. The summed E-state index contributed by atoms with van der Waals surface area (Å²) in [5.41, 5.74) is 1.37. The van der Waals surface area contributed by atoms with Gasteiger partial charge in [-0.2, -0.15) is 0 Å². The van der Waals surface area contributed by atoms with Crippen molar-refractivity contribution in [1.82, 2.24) is 0 Å². The predicted octanol–water partition coefficient (Wildman–Crippen LogP) is 3.21. The maximum Gasteiger partial charge on any atom is 0.200 e. The van der Waals surface area contributed by atoms with Crippen molar-refractivity contribution in [3.05, 3.63) is 65.0 Å². The first kappa shape index (κ1) is 13.9. The Morgan fingerprint density at radius 3 is 2.50 bits per heavy atom. The van der Waals surface area contributed by atoms with E-state index in [2.05, 4.69) is 0 Å². The van der Waals surface area contributed by atoms with Crippen molar-refractivity contribution in [2.45, 2.75) is 6.92 Å². The third-order valence-electron chi connectivity index (χ3n) is 2.87. The van der Waals surface area contributed by atoms with E-state index in [-0.39, 0.29) is 18.2 Å². The highest BCUT2D eigenvalue weighted by Gasteiger charge is 2.09. The number of Topliss-reactive ketones (excluding diaryl/α,β-unsaturated/α-hetero) is 1. The normalized spacial score (nSPS) is 10.1. The van der Waals surface area contributed by atoms with E-state index in [4.69, 9.17) is 4.74 Å². The molecule has 0 spiro atoms. The maximum atomic E-state index is 13.1. The molecule has 0 atom stereocenters. The maximum absolute atomic E-state index is 13.1. The van der Waals surface area contributed by atoms with Gasteiger partial charge in [-0.15, -0.1) is 0 Å². The summed E-state index contributed by atoms with van der Waals surface area (Å²) in [6.45, 7) is 1.47. The molecule has 0 unspecified atom stereocenters. The summed E-state index contributed by atoms with van der Waals surface area (Å²) in [4.78, 5) is 22.4. The standard InChI is InChI=1S/C16H13FO3/c1-11-8-13(4-7-15(11)17)16(19)10-20-14-5-2-12(9-18)3-6-14/h2-9H,10H2,1H3. The van der Waals surface area contributed by atoms with Gasteiger partial charge >= 0.3 is 0 Å². The molecule has 2 aromatic carbocycles. The molecule has 0 heterocycles.